The molecule has 1 heterocycles. The van der Waals surface area contributed by atoms with Gasteiger partial charge < -0.3 is 9.80 Å². The lowest BCUT2D eigenvalue weighted by atomic mass is 10.0. The van der Waals surface area contributed by atoms with Crippen molar-refractivity contribution >= 4 is 17.5 Å². The third-order valence-electron chi connectivity index (χ3n) is 4.10. The molecule has 124 valence electrons. The zero-order chi connectivity index (χ0) is 17.1. The predicted octanol–water partition coefficient (Wildman–Crippen LogP) is 1.81. The van der Waals surface area contributed by atoms with Crippen molar-refractivity contribution in [2.75, 3.05) is 13.6 Å². The van der Waals surface area contributed by atoms with Gasteiger partial charge in [0, 0.05) is 44.7 Å². The quantitative estimate of drug-likeness (QED) is 0.612. The minimum Gasteiger partial charge on any atom is -0.345 e. The highest BCUT2D eigenvalue weighted by Crippen LogP contribution is 2.22. The largest absolute Gasteiger partial charge is 0.345 e. The SMILES string of the molecule is CC(C)N(Cc1ccc([N+](=O)[O-])cc1)C(=O)[C@@H]1CC(=O)N(C)C1. The summed E-state index contributed by atoms with van der Waals surface area (Å²) in [5.41, 5.74) is 0.856. The van der Waals surface area contributed by atoms with Crippen LogP contribution in [0.15, 0.2) is 24.3 Å². The second kappa shape index (κ2) is 6.76. The second-order valence-corrected chi connectivity index (χ2v) is 6.16. The number of rotatable bonds is 5. The standard InChI is InChI=1S/C16H21N3O4/c1-11(2)18(16(21)13-8-15(20)17(3)10-13)9-12-4-6-14(7-5-12)19(22)23/h4-7,11,13H,8-10H2,1-3H3/t13-/m1/s1. The van der Waals surface area contributed by atoms with Crippen molar-refractivity contribution in [3.8, 4) is 0 Å². The summed E-state index contributed by atoms with van der Waals surface area (Å²) in [6.07, 6.45) is 0.249. The zero-order valence-electron chi connectivity index (χ0n) is 13.6. The molecule has 7 nitrogen and oxygen atoms in total. The molecule has 0 bridgehead atoms. The Morgan fingerprint density at radius 1 is 1.39 bits per heavy atom. The highest BCUT2D eigenvalue weighted by atomic mass is 16.6. The Hall–Kier alpha value is -2.44. The summed E-state index contributed by atoms with van der Waals surface area (Å²) in [6, 6.07) is 6.18. The molecule has 2 amide bonds. The van der Waals surface area contributed by atoms with Gasteiger partial charge in [0.1, 0.15) is 0 Å². The molecule has 0 radical (unpaired) electrons. The number of hydrogen-bond acceptors (Lipinski definition) is 4. The van der Waals surface area contributed by atoms with E-state index in [9.17, 15) is 19.7 Å². The van der Waals surface area contributed by atoms with Crippen LogP contribution >= 0.6 is 0 Å². The number of non-ortho nitro benzene ring substituents is 1. The maximum absolute atomic E-state index is 12.7. The summed E-state index contributed by atoms with van der Waals surface area (Å²) in [6.45, 7) is 4.66. The van der Waals surface area contributed by atoms with Crippen molar-refractivity contribution in [3.63, 3.8) is 0 Å². The van der Waals surface area contributed by atoms with Crippen molar-refractivity contribution in [1.29, 1.82) is 0 Å². The number of benzene rings is 1. The fourth-order valence-corrected chi connectivity index (χ4v) is 2.70. The molecule has 0 N–H and O–H groups in total. The van der Waals surface area contributed by atoms with E-state index in [-0.39, 0.29) is 35.9 Å². The van der Waals surface area contributed by atoms with E-state index in [1.165, 1.54) is 12.1 Å². The van der Waals surface area contributed by atoms with Crippen LogP contribution in [0.4, 0.5) is 5.69 Å². The molecule has 1 aromatic carbocycles. The normalized spacial score (nSPS) is 17.7. The van der Waals surface area contributed by atoms with Gasteiger partial charge in [-0.05, 0) is 19.4 Å². The van der Waals surface area contributed by atoms with Gasteiger partial charge in [-0.1, -0.05) is 12.1 Å². The van der Waals surface area contributed by atoms with E-state index in [0.29, 0.717) is 13.1 Å². The predicted molar refractivity (Wildman–Crippen MR) is 84.5 cm³/mol. The number of likely N-dealkylation sites (tertiary alicyclic amines) is 1. The smallest absolute Gasteiger partial charge is 0.269 e. The Balaban J connectivity index is 2.11. The fraction of sp³-hybridized carbons (Fsp3) is 0.500. The Bertz CT molecular complexity index is 612. The third kappa shape index (κ3) is 3.85. The van der Waals surface area contributed by atoms with E-state index in [2.05, 4.69) is 0 Å². The molecule has 0 saturated carbocycles. The van der Waals surface area contributed by atoms with Crippen LogP contribution in [0.3, 0.4) is 0 Å². The molecule has 2 rings (SSSR count). The molecule has 1 fully saturated rings. The first kappa shape index (κ1) is 16.9. The van der Waals surface area contributed by atoms with Crippen molar-refractivity contribution in [1.82, 2.24) is 9.80 Å². The monoisotopic (exact) mass is 319 g/mol. The van der Waals surface area contributed by atoms with Crippen LogP contribution in [0.1, 0.15) is 25.8 Å². The first-order valence-corrected chi connectivity index (χ1v) is 7.57. The highest BCUT2D eigenvalue weighted by molar-refractivity contribution is 5.89. The first-order chi connectivity index (χ1) is 10.8. The molecule has 0 aliphatic carbocycles. The van der Waals surface area contributed by atoms with Crippen LogP contribution < -0.4 is 0 Å². The van der Waals surface area contributed by atoms with Crippen LogP contribution in [0.25, 0.3) is 0 Å². The van der Waals surface area contributed by atoms with E-state index in [0.717, 1.165) is 5.56 Å². The van der Waals surface area contributed by atoms with Crippen LogP contribution in [0, 0.1) is 16.0 Å². The lowest BCUT2D eigenvalue weighted by Gasteiger charge is -2.29. The number of carbonyl (C=O) groups excluding carboxylic acids is 2. The van der Waals surface area contributed by atoms with Gasteiger partial charge in [0.05, 0.1) is 10.8 Å². The van der Waals surface area contributed by atoms with E-state index >= 15 is 0 Å². The maximum Gasteiger partial charge on any atom is 0.269 e. The summed E-state index contributed by atoms with van der Waals surface area (Å²) >= 11 is 0. The Kier molecular flexibility index (Phi) is 4.98. The van der Waals surface area contributed by atoms with Crippen LogP contribution in [0.2, 0.25) is 0 Å². The second-order valence-electron chi connectivity index (χ2n) is 6.16. The van der Waals surface area contributed by atoms with Gasteiger partial charge in [0.2, 0.25) is 11.8 Å². The van der Waals surface area contributed by atoms with E-state index in [1.807, 2.05) is 13.8 Å². The number of nitrogens with zero attached hydrogens (tertiary/aromatic N) is 3. The van der Waals surface area contributed by atoms with E-state index in [1.54, 1.807) is 29.0 Å². The molecule has 1 saturated heterocycles. The highest BCUT2D eigenvalue weighted by Gasteiger charge is 2.35. The molecular weight excluding hydrogens is 298 g/mol. The van der Waals surface area contributed by atoms with Gasteiger partial charge in [-0.3, -0.25) is 19.7 Å². The van der Waals surface area contributed by atoms with Crippen molar-refractivity contribution in [2.45, 2.75) is 32.9 Å². The molecule has 1 aliphatic rings. The van der Waals surface area contributed by atoms with Crippen molar-refractivity contribution < 1.29 is 14.5 Å². The van der Waals surface area contributed by atoms with E-state index < -0.39 is 4.92 Å². The minimum absolute atomic E-state index is 0.0117. The van der Waals surface area contributed by atoms with Crippen LogP contribution in [-0.4, -0.2) is 46.2 Å². The molecule has 7 heteroatoms. The van der Waals surface area contributed by atoms with Crippen molar-refractivity contribution in [3.05, 3.63) is 39.9 Å². The van der Waals surface area contributed by atoms with Gasteiger partial charge >= 0.3 is 0 Å². The third-order valence-corrected chi connectivity index (χ3v) is 4.10. The summed E-state index contributed by atoms with van der Waals surface area (Å²) in [5.74, 6) is -0.369. The lowest BCUT2D eigenvalue weighted by Crippen LogP contribution is -2.41. The molecule has 1 atom stereocenters. The van der Waals surface area contributed by atoms with Gasteiger partial charge in [-0.2, -0.15) is 0 Å². The number of nitro benzene ring substituents is 1. The minimum atomic E-state index is -0.449. The number of nitro groups is 1. The molecule has 0 aromatic heterocycles. The summed E-state index contributed by atoms with van der Waals surface area (Å²) in [4.78, 5) is 37.9. The van der Waals surface area contributed by atoms with E-state index in [4.69, 9.17) is 0 Å². The summed E-state index contributed by atoms with van der Waals surface area (Å²) in [7, 11) is 1.70. The maximum atomic E-state index is 12.7. The van der Waals surface area contributed by atoms with Gasteiger partial charge in [-0.25, -0.2) is 0 Å². The average Bonchev–Trinajstić information content (AvgIpc) is 2.84. The topological polar surface area (TPSA) is 83.8 Å². The number of amides is 2. The number of hydrogen-bond donors (Lipinski definition) is 0. The summed E-state index contributed by atoms with van der Waals surface area (Å²) in [5, 5.41) is 10.7. The molecular formula is C16H21N3O4. The average molecular weight is 319 g/mol. The Morgan fingerprint density at radius 2 is 2.00 bits per heavy atom. The fourth-order valence-electron chi connectivity index (χ4n) is 2.70. The molecule has 1 aliphatic heterocycles. The Morgan fingerprint density at radius 3 is 2.43 bits per heavy atom. The van der Waals surface area contributed by atoms with Crippen LogP contribution in [-0.2, 0) is 16.1 Å². The Labute approximate surface area is 135 Å². The lowest BCUT2D eigenvalue weighted by molar-refractivity contribution is -0.384. The van der Waals surface area contributed by atoms with Gasteiger partial charge in [0.25, 0.3) is 5.69 Å². The number of carbonyl (C=O) groups is 2. The molecule has 0 spiro atoms. The zero-order valence-corrected chi connectivity index (χ0v) is 13.6. The van der Waals surface area contributed by atoms with Crippen LogP contribution in [0.5, 0.6) is 0 Å². The van der Waals surface area contributed by atoms with Crippen molar-refractivity contribution in [2.24, 2.45) is 5.92 Å². The van der Waals surface area contributed by atoms with Gasteiger partial charge in [-0.15, -0.1) is 0 Å². The molecule has 1 aromatic rings. The first-order valence-electron chi connectivity index (χ1n) is 7.57. The molecule has 0 unspecified atom stereocenters. The van der Waals surface area contributed by atoms with Gasteiger partial charge in [0.15, 0.2) is 0 Å². The molecule has 23 heavy (non-hydrogen) atoms. The summed E-state index contributed by atoms with van der Waals surface area (Å²) < 4.78 is 0.